The largest absolute Gasteiger partial charge is 0.478 e. The van der Waals surface area contributed by atoms with Crippen LogP contribution in [0.4, 0.5) is 13.2 Å². The van der Waals surface area contributed by atoms with E-state index in [4.69, 9.17) is 5.11 Å². The van der Waals surface area contributed by atoms with Gasteiger partial charge >= 0.3 is 5.97 Å². The summed E-state index contributed by atoms with van der Waals surface area (Å²) in [5, 5.41) is 9.01. The lowest BCUT2D eigenvalue weighted by Gasteiger charge is -2.05. The van der Waals surface area contributed by atoms with Gasteiger partial charge in [0.05, 0.1) is 16.0 Å². The first-order valence-electron chi connectivity index (χ1n) is 4.75. The number of nitrogens with zero attached hydrogens (tertiary/aromatic N) is 1. The number of benzene rings is 1. The van der Waals surface area contributed by atoms with Gasteiger partial charge in [-0.3, -0.25) is 4.98 Å². The van der Waals surface area contributed by atoms with Gasteiger partial charge in [-0.1, -0.05) is 11.8 Å². The lowest BCUT2D eigenvalue weighted by molar-refractivity contribution is 0.0696. The van der Waals surface area contributed by atoms with Gasteiger partial charge in [-0.15, -0.1) is 0 Å². The Morgan fingerprint density at radius 3 is 2.58 bits per heavy atom. The van der Waals surface area contributed by atoms with E-state index < -0.39 is 17.5 Å². The van der Waals surface area contributed by atoms with Crippen LogP contribution in [0.3, 0.4) is 0 Å². The quantitative estimate of drug-likeness (QED) is 0.844. The maximum Gasteiger partial charge on any atom is 0.337 e. The Morgan fingerprint density at radius 2 is 2.00 bits per heavy atom. The standard InChI is InChI=1S/C11H6F3NO2S.H3N/c12-7-2-5-1-6(10(16)17)4-15-8(5)3-9(7)18-11(13)14;/h1-4,11H,(H,16,17);1H3. The molecular weight excluding hydrogens is 281 g/mol. The van der Waals surface area contributed by atoms with Gasteiger partial charge in [-0.05, 0) is 18.2 Å². The van der Waals surface area contributed by atoms with Crippen LogP contribution in [0.5, 0.6) is 0 Å². The first kappa shape index (κ1) is 15.3. The molecule has 2 aromatic rings. The summed E-state index contributed by atoms with van der Waals surface area (Å²) in [6, 6.07) is 3.41. The third-order valence-corrected chi connectivity index (χ3v) is 2.94. The van der Waals surface area contributed by atoms with Gasteiger partial charge in [0.2, 0.25) is 0 Å². The van der Waals surface area contributed by atoms with Crippen LogP contribution < -0.4 is 6.15 Å². The summed E-state index contributed by atoms with van der Waals surface area (Å²) >= 11 is 0.0857. The number of hydrogen-bond donors (Lipinski definition) is 2. The number of carboxylic acids is 1. The van der Waals surface area contributed by atoms with Crippen molar-refractivity contribution in [3.8, 4) is 0 Å². The molecule has 8 heteroatoms. The zero-order valence-corrected chi connectivity index (χ0v) is 10.3. The highest BCUT2D eigenvalue weighted by Gasteiger charge is 2.13. The summed E-state index contributed by atoms with van der Waals surface area (Å²) in [6.07, 6.45) is 1.10. The van der Waals surface area contributed by atoms with Gasteiger partial charge in [0.15, 0.2) is 0 Å². The van der Waals surface area contributed by atoms with E-state index in [9.17, 15) is 18.0 Å². The second-order valence-corrected chi connectivity index (χ2v) is 4.41. The minimum absolute atomic E-state index is 0. The first-order valence-corrected chi connectivity index (χ1v) is 5.63. The lowest BCUT2D eigenvalue weighted by Crippen LogP contribution is -1.97. The van der Waals surface area contributed by atoms with Crippen molar-refractivity contribution in [3.63, 3.8) is 0 Å². The fourth-order valence-electron chi connectivity index (χ4n) is 1.43. The van der Waals surface area contributed by atoms with E-state index in [2.05, 4.69) is 4.98 Å². The van der Waals surface area contributed by atoms with Gasteiger partial charge in [0.25, 0.3) is 5.76 Å². The minimum atomic E-state index is -2.73. The topological polar surface area (TPSA) is 85.2 Å². The maximum absolute atomic E-state index is 13.5. The van der Waals surface area contributed by atoms with Crippen molar-refractivity contribution in [2.45, 2.75) is 10.7 Å². The average molecular weight is 290 g/mol. The summed E-state index contributed by atoms with van der Waals surface area (Å²) in [6.45, 7) is 0. The summed E-state index contributed by atoms with van der Waals surface area (Å²) in [5.41, 5.74) is 0.181. The molecule has 0 amide bonds. The van der Waals surface area contributed by atoms with Crippen LogP contribution in [0, 0.1) is 5.82 Å². The van der Waals surface area contributed by atoms with Crippen LogP contribution in [0.2, 0.25) is 0 Å². The van der Waals surface area contributed by atoms with Crippen molar-refractivity contribution in [2.75, 3.05) is 0 Å². The predicted molar refractivity (Wildman–Crippen MR) is 65.5 cm³/mol. The molecule has 4 nitrogen and oxygen atoms in total. The second kappa shape index (κ2) is 5.89. The van der Waals surface area contributed by atoms with Gasteiger partial charge in [-0.25, -0.2) is 9.18 Å². The van der Waals surface area contributed by atoms with Gasteiger partial charge < -0.3 is 11.3 Å². The number of pyridine rings is 1. The number of carboxylic acid groups (broad SMARTS) is 1. The van der Waals surface area contributed by atoms with Crippen LogP contribution >= 0.6 is 11.8 Å². The molecule has 4 N–H and O–H groups in total. The Hall–Kier alpha value is -1.80. The van der Waals surface area contributed by atoms with Crippen LogP contribution in [0.1, 0.15) is 10.4 Å². The van der Waals surface area contributed by atoms with E-state index >= 15 is 0 Å². The molecule has 0 atom stereocenters. The van der Waals surface area contributed by atoms with Crippen molar-refractivity contribution in [3.05, 3.63) is 35.8 Å². The third kappa shape index (κ3) is 3.36. The summed E-state index contributed by atoms with van der Waals surface area (Å²) < 4.78 is 37.8. The average Bonchev–Trinajstić information content (AvgIpc) is 2.28. The lowest BCUT2D eigenvalue weighted by atomic mass is 10.1. The van der Waals surface area contributed by atoms with Gasteiger partial charge in [0, 0.05) is 11.6 Å². The molecule has 0 aliphatic carbocycles. The van der Waals surface area contributed by atoms with Crippen molar-refractivity contribution in [1.82, 2.24) is 11.1 Å². The Morgan fingerprint density at radius 1 is 1.32 bits per heavy atom. The van der Waals surface area contributed by atoms with E-state index in [1.165, 1.54) is 12.1 Å². The van der Waals surface area contributed by atoms with Crippen LogP contribution in [0.25, 0.3) is 10.9 Å². The second-order valence-electron chi connectivity index (χ2n) is 3.38. The monoisotopic (exact) mass is 290 g/mol. The molecule has 0 radical (unpaired) electrons. The zero-order valence-electron chi connectivity index (χ0n) is 9.44. The molecule has 1 heterocycles. The molecule has 0 unspecified atom stereocenters. The van der Waals surface area contributed by atoms with Crippen molar-refractivity contribution in [2.24, 2.45) is 0 Å². The molecule has 1 aromatic carbocycles. The minimum Gasteiger partial charge on any atom is -0.478 e. The van der Waals surface area contributed by atoms with Crippen molar-refractivity contribution >= 4 is 28.6 Å². The first-order chi connectivity index (χ1) is 8.47. The normalized spacial score (nSPS) is 10.5. The Kier molecular flexibility index (Phi) is 4.73. The molecule has 102 valence electrons. The van der Waals surface area contributed by atoms with E-state index in [-0.39, 0.29) is 39.3 Å². The van der Waals surface area contributed by atoms with Gasteiger partial charge in [-0.2, -0.15) is 8.78 Å². The number of fused-ring (bicyclic) bond motifs is 1. The molecule has 19 heavy (non-hydrogen) atoms. The molecule has 0 saturated heterocycles. The number of rotatable bonds is 3. The van der Waals surface area contributed by atoms with Crippen LogP contribution in [0.15, 0.2) is 29.3 Å². The summed E-state index contributed by atoms with van der Waals surface area (Å²) in [5.74, 6) is -4.73. The number of aromatic carboxylic acids is 1. The summed E-state index contributed by atoms with van der Waals surface area (Å²) in [4.78, 5) is 14.3. The highest BCUT2D eigenvalue weighted by molar-refractivity contribution is 7.99. The fourth-order valence-corrected chi connectivity index (χ4v) is 1.98. The molecular formula is C11H9F3N2O2S. The predicted octanol–water partition coefficient (Wildman–Crippen LogP) is 3.55. The number of carbonyl (C=O) groups is 1. The maximum atomic E-state index is 13.5. The smallest absolute Gasteiger partial charge is 0.337 e. The van der Waals surface area contributed by atoms with E-state index in [0.29, 0.717) is 0 Å². The Bertz CT molecular complexity index is 622. The SMILES string of the molecule is N.O=C(O)c1cnc2cc(SC(F)F)c(F)cc2c1. The highest BCUT2D eigenvalue weighted by atomic mass is 32.2. The molecule has 0 aliphatic heterocycles. The summed E-state index contributed by atoms with van der Waals surface area (Å²) in [7, 11) is 0. The molecule has 0 spiro atoms. The number of aromatic nitrogens is 1. The molecule has 2 rings (SSSR count). The fraction of sp³-hybridized carbons (Fsp3) is 0.0909. The molecule has 0 saturated carbocycles. The Labute approximate surface area is 110 Å². The van der Waals surface area contributed by atoms with Crippen LogP contribution in [-0.2, 0) is 0 Å². The highest BCUT2D eigenvalue weighted by Crippen LogP contribution is 2.30. The van der Waals surface area contributed by atoms with Crippen molar-refractivity contribution in [1.29, 1.82) is 0 Å². The number of alkyl halides is 2. The molecule has 1 aromatic heterocycles. The number of thioether (sulfide) groups is 1. The molecule has 0 aliphatic rings. The Balaban J connectivity index is 0.00000180. The number of hydrogen-bond acceptors (Lipinski definition) is 4. The van der Waals surface area contributed by atoms with E-state index in [0.717, 1.165) is 12.3 Å². The number of halogens is 3. The zero-order chi connectivity index (χ0) is 13.3. The van der Waals surface area contributed by atoms with E-state index in [1.807, 2.05) is 0 Å². The van der Waals surface area contributed by atoms with E-state index in [1.54, 1.807) is 0 Å². The van der Waals surface area contributed by atoms with Gasteiger partial charge in [0.1, 0.15) is 5.82 Å². The molecule has 0 bridgehead atoms. The third-order valence-electron chi connectivity index (χ3n) is 2.20. The van der Waals surface area contributed by atoms with Crippen LogP contribution in [-0.4, -0.2) is 21.8 Å². The van der Waals surface area contributed by atoms with Crippen molar-refractivity contribution < 1.29 is 23.1 Å². The molecule has 0 fully saturated rings.